The Balaban J connectivity index is 1.62. The molecule has 0 aliphatic carbocycles. The van der Waals surface area contributed by atoms with Crippen LogP contribution in [0.1, 0.15) is 37.4 Å². The maximum Gasteiger partial charge on any atom is 0.406 e. The van der Waals surface area contributed by atoms with E-state index in [1.165, 1.54) is 19.2 Å². The first-order chi connectivity index (χ1) is 17.0. The second-order valence-electron chi connectivity index (χ2n) is 9.28. The van der Waals surface area contributed by atoms with Gasteiger partial charge < -0.3 is 35.1 Å². The van der Waals surface area contributed by atoms with Crippen molar-refractivity contribution < 1.29 is 28.2 Å². The van der Waals surface area contributed by atoms with Gasteiger partial charge in [0.1, 0.15) is 5.82 Å². The Hall–Kier alpha value is -2.43. The number of likely N-dealkylation sites (N-methyl/N-ethyl adjacent to an activating group) is 1. The number of alkyl carbamates (subject to hydrolysis) is 1. The number of hydrogen-bond acceptors (Lipinski definition) is 6. The summed E-state index contributed by atoms with van der Waals surface area (Å²) in [6, 6.07) is 6.32. The zero-order chi connectivity index (χ0) is 25.0. The lowest BCUT2D eigenvalue weighted by Gasteiger charge is -2.38. The summed E-state index contributed by atoms with van der Waals surface area (Å²) in [6.45, 7) is 3.92. The lowest BCUT2D eigenvalue weighted by molar-refractivity contribution is -0.00880. The van der Waals surface area contributed by atoms with Crippen LogP contribution >= 0.6 is 0 Å². The molecule has 1 unspecified atom stereocenters. The van der Waals surface area contributed by atoms with Crippen molar-refractivity contribution in [2.45, 2.75) is 37.8 Å². The highest BCUT2D eigenvalue weighted by atomic mass is 19.1. The summed E-state index contributed by atoms with van der Waals surface area (Å²) in [4.78, 5) is 26.3. The number of benzene rings is 1. The molecule has 196 valence electrons. The standard InChI is InChI=1S/C25H39FN4O5/c1-27-15-22(13-18-8-11-34-17-18)29-24(31)30-10-4-6-20(16-30)23(19-5-3-7-21(26)14-19)35-12-9-28-25(32)33-2/h3,5,7,14,18,20,22-23,27H,4,6,8-13,15-17H2,1-2H3,(H,28,32)(H,29,31)/t18?,20-,22+,23+/m1/s1. The van der Waals surface area contributed by atoms with Gasteiger partial charge in [-0.05, 0) is 56.3 Å². The molecule has 9 nitrogen and oxygen atoms in total. The number of amides is 3. The van der Waals surface area contributed by atoms with Crippen LogP contribution in [-0.4, -0.2) is 83.2 Å². The minimum absolute atomic E-state index is 0.000379. The van der Waals surface area contributed by atoms with Crippen molar-refractivity contribution in [3.63, 3.8) is 0 Å². The molecule has 2 saturated heterocycles. The van der Waals surface area contributed by atoms with Crippen molar-refractivity contribution in [1.29, 1.82) is 0 Å². The van der Waals surface area contributed by atoms with E-state index in [2.05, 4.69) is 20.7 Å². The molecule has 4 atom stereocenters. The topological polar surface area (TPSA) is 101 Å². The third-order valence-corrected chi connectivity index (χ3v) is 6.62. The van der Waals surface area contributed by atoms with Gasteiger partial charge in [0.25, 0.3) is 0 Å². The molecule has 3 rings (SSSR count). The van der Waals surface area contributed by atoms with Crippen LogP contribution in [0, 0.1) is 17.7 Å². The molecule has 2 aliphatic heterocycles. The normalized spacial score (nSPS) is 21.9. The van der Waals surface area contributed by atoms with E-state index >= 15 is 0 Å². The van der Waals surface area contributed by atoms with Gasteiger partial charge >= 0.3 is 12.1 Å². The summed E-state index contributed by atoms with van der Waals surface area (Å²) in [6.07, 6.45) is 2.67. The van der Waals surface area contributed by atoms with Crippen molar-refractivity contribution in [2.75, 3.05) is 60.2 Å². The second kappa shape index (κ2) is 14.2. The quantitative estimate of drug-likeness (QED) is 0.409. The highest BCUT2D eigenvalue weighted by Gasteiger charge is 2.32. The van der Waals surface area contributed by atoms with Crippen molar-refractivity contribution >= 4 is 12.1 Å². The van der Waals surface area contributed by atoms with Gasteiger partial charge in [-0.25, -0.2) is 14.0 Å². The molecule has 2 heterocycles. The molecular weight excluding hydrogens is 455 g/mol. The van der Waals surface area contributed by atoms with Crippen molar-refractivity contribution in [3.05, 3.63) is 35.6 Å². The number of urea groups is 1. The van der Waals surface area contributed by atoms with Crippen LogP contribution in [0.3, 0.4) is 0 Å². The molecule has 10 heteroatoms. The highest BCUT2D eigenvalue weighted by molar-refractivity contribution is 5.74. The molecule has 0 radical (unpaired) electrons. The van der Waals surface area contributed by atoms with Crippen LogP contribution < -0.4 is 16.0 Å². The minimum Gasteiger partial charge on any atom is -0.453 e. The van der Waals surface area contributed by atoms with Gasteiger partial charge in [-0.3, -0.25) is 0 Å². The van der Waals surface area contributed by atoms with E-state index in [-0.39, 0.29) is 37.0 Å². The molecule has 2 aliphatic rings. The van der Waals surface area contributed by atoms with Crippen LogP contribution in [-0.2, 0) is 14.2 Å². The van der Waals surface area contributed by atoms with E-state index in [0.717, 1.165) is 44.5 Å². The van der Waals surface area contributed by atoms with E-state index in [0.29, 0.717) is 25.6 Å². The van der Waals surface area contributed by atoms with Gasteiger partial charge in [0, 0.05) is 51.4 Å². The monoisotopic (exact) mass is 494 g/mol. The number of methoxy groups -OCH3 is 1. The minimum atomic E-state index is -0.531. The summed E-state index contributed by atoms with van der Waals surface area (Å²) < 4.78 is 30.2. The third kappa shape index (κ3) is 8.63. The largest absolute Gasteiger partial charge is 0.453 e. The fraction of sp³-hybridized carbons (Fsp3) is 0.680. The Kier molecular flexibility index (Phi) is 11.0. The average Bonchev–Trinajstić information content (AvgIpc) is 3.37. The first-order valence-corrected chi connectivity index (χ1v) is 12.5. The number of nitrogens with one attached hydrogen (secondary N) is 3. The van der Waals surface area contributed by atoms with Crippen LogP contribution in [0.15, 0.2) is 24.3 Å². The fourth-order valence-electron chi connectivity index (χ4n) is 4.92. The molecule has 3 N–H and O–H groups in total. The van der Waals surface area contributed by atoms with Gasteiger partial charge in [0.05, 0.1) is 19.8 Å². The molecule has 0 aromatic heterocycles. The molecule has 1 aromatic rings. The van der Waals surface area contributed by atoms with Gasteiger partial charge in [0.15, 0.2) is 0 Å². The lowest BCUT2D eigenvalue weighted by atomic mass is 9.88. The molecule has 0 bridgehead atoms. The number of nitrogens with zero attached hydrogens (tertiary/aromatic N) is 1. The van der Waals surface area contributed by atoms with E-state index in [9.17, 15) is 14.0 Å². The second-order valence-corrected chi connectivity index (χ2v) is 9.28. The Bertz CT molecular complexity index is 808. The number of carbonyl (C=O) groups excluding carboxylic acids is 2. The predicted octanol–water partition coefficient (Wildman–Crippen LogP) is 2.68. The Morgan fingerprint density at radius 2 is 2.17 bits per heavy atom. The molecule has 0 saturated carbocycles. The number of piperidine rings is 1. The van der Waals surface area contributed by atoms with Gasteiger partial charge in [-0.1, -0.05) is 12.1 Å². The van der Waals surface area contributed by atoms with Crippen LogP contribution in [0.4, 0.5) is 14.0 Å². The lowest BCUT2D eigenvalue weighted by Crippen LogP contribution is -2.52. The predicted molar refractivity (Wildman–Crippen MR) is 130 cm³/mol. The fourth-order valence-corrected chi connectivity index (χ4v) is 4.92. The first kappa shape index (κ1) is 27.2. The Morgan fingerprint density at radius 3 is 2.89 bits per heavy atom. The number of halogens is 1. The van der Waals surface area contributed by atoms with E-state index in [1.807, 2.05) is 18.0 Å². The molecule has 1 aromatic carbocycles. The van der Waals surface area contributed by atoms with Crippen LogP contribution in [0.2, 0.25) is 0 Å². The van der Waals surface area contributed by atoms with Gasteiger partial charge in [0.2, 0.25) is 0 Å². The Morgan fingerprint density at radius 1 is 1.31 bits per heavy atom. The SMILES string of the molecule is CNC[C@H](CC1CCOC1)NC(=O)N1CCC[C@@H]([C@@H](OCCNC(=O)OC)c2cccc(F)c2)C1. The molecule has 3 amide bonds. The maximum absolute atomic E-state index is 14.0. The third-order valence-electron chi connectivity index (χ3n) is 6.62. The van der Waals surface area contributed by atoms with Gasteiger partial charge in [-0.2, -0.15) is 0 Å². The number of ether oxygens (including phenoxy) is 3. The van der Waals surface area contributed by atoms with E-state index in [1.54, 1.807) is 6.07 Å². The smallest absolute Gasteiger partial charge is 0.406 e. The zero-order valence-electron chi connectivity index (χ0n) is 20.8. The van der Waals surface area contributed by atoms with Gasteiger partial charge in [-0.15, -0.1) is 0 Å². The van der Waals surface area contributed by atoms with Crippen LogP contribution in [0.25, 0.3) is 0 Å². The van der Waals surface area contributed by atoms with Crippen molar-refractivity contribution in [3.8, 4) is 0 Å². The first-order valence-electron chi connectivity index (χ1n) is 12.5. The highest BCUT2D eigenvalue weighted by Crippen LogP contribution is 2.33. The molecule has 35 heavy (non-hydrogen) atoms. The van der Waals surface area contributed by atoms with E-state index < -0.39 is 12.2 Å². The van der Waals surface area contributed by atoms with Crippen molar-refractivity contribution in [1.82, 2.24) is 20.9 Å². The number of likely N-dealkylation sites (tertiary alicyclic amines) is 1. The Labute approximate surface area is 207 Å². The zero-order valence-corrected chi connectivity index (χ0v) is 20.8. The summed E-state index contributed by atoms with van der Waals surface area (Å²) in [7, 11) is 3.19. The summed E-state index contributed by atoms with van der Waals surface area (Å²) >= 11 is 0. The van der Waals surface area contributed by atoms with Crippen molar-refractivity contribution in [2.24, 2.45) is 11.8 Å². The van der Waals surface area contributed by atoms with Crippen LogP contribution in [0.5, 0.6) is 0 Å². The number of rotatable bonds is 11. The summed E-state index contributed by atoms with van der Waals surface area (Å²) in [5.41, 5.74) is 0.726. The number of carbonyl (C=O) groups is 2. The molecule has 2 fully saturated rings. The molecular formula is C25H39FN4O5. The number of hydrogen-bond donors (Lipinski definition) is 3. The maximum atomic E-state index is 14.0. The van der Waals surface area contributed by atoms with E-state index in [4.69, 9.17) is 9.47 Å². The summed E-state index contributed by atoms with van der Waals surface area (Å²) in [5.74, 6) is 0.132. The average molecular weight is 495 g/mol. The summed E-state index contributed by atoms with van der Waals surface area (Å²) in [5, 5.41) is 8.97. The molecule has 0 spiro atoms.